The van der Waals surface area contributed by atoms with E-state index in [0.717, 1.165) is 4.90 Å². The Labute approximate surface area is 116 Å². The molecule has 0 saturated carbocycles. The maximum absolute atomic E-state index is 12.1. The van der Waals surface area contributed by atoms with E-state index in [1.807, 2.05) is 0 Å². The molecule has 1 aromatic rings. The summed E-state index contributed by atoms with van der Waals surface area (Å²) in [7, 11) is 1.54. The van der Waals surface area contributed by atoms with Crippen molar-refractivity contribution >= 4 is 23.8 Å². The number of methoxy groups -OCH3 is 1. The summed E-state index contributed by atoms with van der Waals surface area (Å²) in [6.45, 7) is 1.00. The zero-order valence-corrected chi connectivity index (χ0v) is 11.2. The van der Waals surface area contributed by atoms with Crippen molar-refractivity contribution in [3.05, 3.63) is 35.5 Å². The standard InChI is InChI=1S/C14H14N2O4/c1-9(17)16-8-13(18)15-12(14(16)19)7-10-4-3-5-11(6-10)20-2/h3-7H,8H2,1-2H3,(H,15,18). The Kier molecular flexibility index (Phi) is 3.84. The molecule has 0 atom stereocenters. The van der Waals surface area contributed by atoms with E-state index in [0.29, 0.717) is 11.3 Å². The fourth-order valence-corrected chi connectivity index (χ4v) is 1.85. The molecule has 1 aliphatic heterocycles. The highest BCUT2D eigenvalue weighted by molar-refractivity contribution is 6.12. The number of piperazine rings is 1. The van der Waals surface area contributed by atoms with E-state index >= 15 is 0 Å². The quantitative estimate of drug-likeness (QED) is 0.799. The Morgan fingerprint density at radius 2 is 2.15 bits per heavy atom. The van der Waals surface area contributed by atoms with Gasteiger partial charge in [0.15, 0.2) is 0 Å². The molecule has 1 aromatic carbocycles. The minimum Gasteiger partial charge on any atom is -0.497 e. The Bertz CT molecular complexity index is 607. The minimum atomic E-state index is -0.514. The molecule has 1 heterocycles. The molecule has 3 amide bonds. The second-order valence-corrected chi connectivity index (χ2v) is 4.29. The lowest BCUT2D eigenvalue weighted by Gasteiger charge is -2.25. The number of rotatable bonds is 2. The summed E-state index contributed by atoms with van der Waals surface area (Å²) in [5.74, 6) is -0.729. The molecule has 1 N–H and O–H groups in total. The minimum absolute atomic E-state index is 0.0738. The topological polar surface area (TPSA) is 75.7 Å². The van der Waals surface area contributed by atoms with Crippen molar-refractivity contribution in [2.24, 2.45) is 0 Å². The Morgan fingerprint density at radius 3 is 2.80 bits per heavy atom. The summed E-state index contributed by atoms with van der Waals surface area (Å²) in [5.41, 5.74) is 0.767. The number of nitrogens with one attached hydrogen (secondary N) is 1. The van der Waals surface area contributed by atoms with Crippen molar-refractivity contribution in [1.29, 1.82) is 0 Å². The summed E-state index contributed by atoms with van der Waals surface area (Å²) in [4.78, 5) is 35.8. The first-order valence-electron chi connectivity index (χ1n) is 5.99. The van der Waals surface area contributed by atoms with E-state index in [9.17, 15) is 14.4 Å². The highest BCUT2D eigenvalue weighted by Gasteiger charge is 2.30. The van der Waals surface area contributed by atoms with E-state index in [2.05, 4.69) is 5.32 Å². The Morgan fingerprint density at radius 1 is 1.40 bits per heavy atom. The van der Waals surface area contributed by atoms with E-state index in [1.54, 1.807) is 24.3 Å². The molecule has 0 radical (unpaired) electrons. The molecular weight excluding hydrogens is 260 g/mol. The van der Waals surface area contributed by atoms with E-state index < -0.39 is 17.7 Å². The van der Waals surface area contributed by atoms with Crippen molar-refractivity contribution in [3.63, 3.8) is 0 Å². The number of amides is 3. The van der Waals surface area contributed by atoms with Gasteiger partial charge in [-0.25, -0.2) is 0 Å². The van der Waals surface area contributed by atoms with E-state index in [1.165, 1.54) is 20.1 Å². The first-order chi connectivity index (χ1) is 9.51. The monoisotopic (exact) mass is 274 g/mol. The van der Waals surface area contributed by atoms with Crippen LogP contribution in [0.1, 0.15) is 12.5 Å². The molecule has 0 aromatic heterocycles. The van der Waals surface area contributed by atoms with Crippen molar-refractivity contribution < 1.29 is 19.1 Å². The SMILES string of the molecule is COc1cccc(C=C2NC(=O)CN(C(C)=O)C2=O)c1. The number of hydrogen-bond acceptors (Lipinski definition) is 4. The zero-order valence-electron chi connectivity index (χ0n) is 11.2. The highest BCUT2D eigenvalue weighted by atomic mass is 16.5. The van der Waals surface area contributed by atoms with Crippen LogP contribution in [0.5, 0.6) is 5.75 Å². The molecule has 6 heteroatoms. The van der Waals surface area contributed by atoms with Crippen LogP contribution >= 0.6 is 0 Å². The lowest BCUT2D eigenvalue weighted by Crippen LogP contribution is -2.51. The fourth-order valence-electron chi connectivity index (χ4n) is 1.85. The summed E-state index contributed by atoms with van der Waals surface area (Å²) in [5, 5.41) is 2.47. The van der Waals surface area contributed by atoms with Gasteiger partial charge in [0, 0.05) is 6.92 Å². The first-order valence-corrected chi connectivity index (χ1v) is 5.99. The van der Waals surface area contributed by atoms with Gasteiger partial charge in [-0.2, -0.15) is 0 Å². The van der Waals surface area contributed by atoms with Gasteiger partial charge in [-0.15, -0.1) is 0 Å². The molecule has 1 fully saturated rings. The average Bonchev–Trinajstić information content (AvgIpc) is 2.42. The number of carbonyl (C=O) groups excluding carboxylic acids is 3. The average molecular weight is 274 g/mol. The molecule has 1 saturated heterocycles. The molecule has 2 rings (SSSR count). The van der Waals surface area contributed by atoms with Gasteiger partial charge in [0.25, 0.3) is 5.91 Å². The van der Waals surface area contributed by atoms with E-state index in [-0.39, 0.29) is 12.2 Å². The number of carbonyl (C=O) groups is 3. The number of ether oxygens (including phenoxy) is 1. The Hall–Kier alpha value is -2.63. The molecule has 0 unspecified atom stereocenters. The van der Waals surface area contributed by atoms with Crippen LogP contribution in [0.2, 0.25) is 0 Å². The largest absolute Gasteiger partial charge is 0.497 e. The molecule has 6 nitrogen and oxygen atoms in total. The van der Waals surface area contributed by atoms with Crippen molar-refractivity contribution in [2.75, 3.05) is 13.7 Å². The third-order valence-corrected chi connectivity index (χ3v) is 2.84. The van der Waals surface area contributed by atoms with Crippen LogP contribution in [-0.2, 0) is 14.4 Å². The zero-order chi connectivity index (χ0) is 14.7. The van der Waals surface area contributed by atoms with Crippen LogP contribution in [0.4, 0.5) is 0 Å². The van der Waals surface area contributed by atoms with E-state index in [4.69, 9.17) is 4.74 Å². The summed E-state index contributed by atoms with van der Waals surface area (Å²) < 4.78 is 5.09. The maximum atomic E-state index is 12.1. The van der Waals surface area contributed by atoms with Gasteiger partial charge in [0.1, 0.15) is 18.0 Å². The first kappa shape index (κ1) is 13.8. The maximum Gasteiger partial charge on any atom is 0.277 e. The van der Waals surface area contributed by atoms with Gasteiger partial charge >= 0.3 is 0 Å². The van der Waals surface area contributed by atoms with Crippen molar-refractivity contribution in [2.45, 2.75) is 6.92 Å². The molecule has 0 spiro atoms. The third kappa shape index (κ3) is 2.85. The summed E-state index contributed by atoms with van der Waals surface area (Å²) >= 11 is 0. The van der Waals surface area contributed by atoms with Crippen molar-refractivity contribution in [1.82, 2.24) is 10.2 Å². The van der Waals surface area contributed by atoms with Gasteiger partial charge in [0.05, 0.1) is 7.11 Å². The van der Waals surface area contributed by atoms with Crippen LogP contribution in [0.15, 0.2) is 30.0 Å². The number of hydrogen-bond donors (Lipinski definition) is 1. The van der Waals surface area contributed by atoms with Crippen LogP contribution in [0, 0.1) is 0 Å². The lowest BCUT2D eigenvalue weighted by atomic mass is 10.1. The molecular formula is C14H14N2O4. The highest BCUT2D eigenvalue weighted by Crippen LogP contribution is 2.16. The van der Waals surface area contributed by atoms with Gasteiger partial charge < -0.3 is 10.1 Å². The van der Waals surface area contributed by atoms with Gasteiger partial charge in [-0.3, -0.25) is 19.3 Å². The van der Waals surface area contributed by atoms with Gasteiger partial charge in [-0.1, -0.05) is 12.1 Å². The number of imide groups is 1. The lowest BCUT2D eigenvalue weighted by molar-refractivity contribution is -0.147. The fraction of sp³-hybridized carbons (Fsp3) is 0.214. The number of nitrogens with zero attached hydrogens (tertiary/aromatic N) is 1. The van der Waals surface area contributed by atoms with Crippen LogP contribution in [0.25, 0.3) is 6.08 Å². The van der Waals surface area contributed by atoms with Gasteiger partial charge in [0.2, 0.25) is 11.8 Å². The third-order valence-electron chi connectivity index (χ3n) is 2.84. The van der Waals surface area contributed by atoms with Crippen LogP contribution in [0.3, 0.4) is 0 Å². The smallest absolute Gasteiger partial charge is 0.277 e. The van der Waals surface area contributed by atoms with Gasteiger partial charge in [-0.05, 0) is 23.8 Å². The second-order valence-electron chi connectivity index (χ2n) is 4.29. The van der Waals surface area contributed by atoms with Crippen molar-refractivity contribution in [3.8, 4) is 5.75 Å². The normalized spacial score (nSPS) is 17.1. The predicted octanol–water partition coefficient (Wildman–Crippen LogP) is 0.541. The Balaban J connectivity index is 2.33. The summed E-state index contributed by atoms with van der Waals surface area (Å²) in [6.07, 6.45) is 1.51. The number of benzene rings is 1. The molecule has 0 aliphatic carbocycles. The summed E-state index contributed by atoms with van der Waals surface area (Å²) in [6, 6.07) is 7.02. The van der Waals surface area contributed by atoms with Crippen LogP contribution in [-0.4, -0.2) is 36.3 Å². The van der Waals surface area contributed by atoms with Crippen LogP contribution < -0.4 is 10.1 Å². The molecule has 1 aliphatic rings. The molecule has 104 valence electrons. The predicted molar refractivity (Wildman–Crippen MR) is 71.5 cm³/mol. The second kappa shape index (κ2) is 5.56. The molecule has 20 heavy (non-hydrogen) atoms. The molecule has 0 bridgehead atoms.